The van der Waals surface area contributed by atoms with Gasteiger partial charge in [0.1, 0.15) is 5.58 Å². The lowest BCUT2D eigenvalue weighted by atomic mass is 9.79. The molecule has 1 saturated carbocycles. The summed E-state index contributed by atoms with van der Waals surface area (Å²) in [6.45, 7) is 1.46. The lowest BCUT2D eigenvalue weighted by molar-refractivity contribution is -0.128. The lowest BCUT2D eigenvalue weighted by Crippen LogP contribution is -2.25. The van der Waals surface area contributed by atoms with Gasteiger partial charge in [-0.2, -0.15) is 0 Å². The number of amides is 2. The van der Waals surface area contributed by atoms with E-state index in [1.54, 1.807) is 12.1 Å². The van der Waals surface area contributed by atoms with Crippen LogP contribution in [-0.4, -0.2) is 45.0 Å². The van der Waals surface area contributed by atoms with Crippen LogP contribution >= 0.6 is 11.6 Å². The second-order valence-electron chi connectivity index (χ2n) is 12.7. The van der Waals surface area contributed by atoms with Gasteiger partial charge in [-0.15, -0.1) is 0 Å². The first kappa shape index (κ1) is 34.2. The molecule has 1 saturated heterocycles. The Labute approximate surface area is 290 Å². The van der Waals surface area contributed by atoms with Crippen LogP contribution in [0.2, 0.25) is 5.02 Å². The van der Waals surface area contributed by atoms with Crippen LogP contribution in [0.15, 0.2) is 99.4 Å². The summed E-state index contributed by atoms with van der Waals surface area (Å²) < 4.78 is 30.9. The fraction of sp³-hybridized carbons (Fsp3) is 0.289. The van der Waals surface area contributed by atoms with E-state index in [1.165, 1.54) is 41.9 Å². The van der Waals surface area contributed by atoms with E-state index >= 15 is 0 Å². The van der Waals surface area contributed by atoms with Crippen LogP contribution in [0, 0.1) is 0 Å². The SMILES string of the molecule is CN(c1ccc2oc(C(=O)N/C(C=C3CCC(c4ccccc4CN4CCCC4=O)CC3)=C\c3ccc(Cl)cc3)cc(=O)c2c1)S(C)(=O)=O. The fourth-order valence-corrected chi connectivity index (χ4v) is 7.13. The smallest absolute Gasteiger partial charge is 0.291 e. The van der Waals surface area contributed by atoms with Gasteiger partial charge in [-0.05, 0) is 97.2 Å². The highest BCUT2D eigenvalue weighted by Gasteiger charge is 2.25. The van der Waals surface area contributed by atoms with Crippen molar-refractivity contribution in [1.29, 1.82) is 0 Å². The van der Waals surface area contributed by atoms with Crippen molar-refractivity contribution < 1.29 is 22.4 Å². The summed E-state index contributed by atoms with van der Waals surface area (Å²) in [5.74, 6) is -0.166. The molecule has 0 bridgehead atoms. The van der Waals surface area contributed by atoms with Crippen LogP contribution in [0.5, 0.6) is 0 Å². The van der Waals surface area contributed by atoms with Gasteiger partial charge < -0.3 is 14.6 Å². The topological polar surface area (TPSA) is 117 Å². The van der Waals surface area contributed by atoms with Crippen molar-refractivity contribution in [3.8, 4) is 0 Å². The quantitative estimate of drug-likeness (QED) is 0.201. The fourth-order valence-electron chi connectivity index (χ4n) is 6.51. The first-order valence-electron chi connectivity index (χ1n) is 16.3. The molecule has 49 heavy (non-hydrogen) atoms. The van der Waals surface area contributed by atoms with Crippen LogP contribution in [0.3, 0.4) is 0 Å². The van der Waals surface area contributed by atoms with Crippen molar-refractivity contribution >= 4 is 56.2 Å². The van der Waals surface area contributed by atoms with Crippen molar-refractivity contribution in [2.75, 3.05) is 24.2 Å². The highest BCUT2D eigenvalue weighted by molar-refractivity contribution is 7.92. The zero-order chi connectivity index (χ0) is 34.7. The van der Waals surface area contributed by atoms with Crippen molar-refractivity contribution in [2.24, 2.45) is 0 Å². The van der Waals surface area contributed by atoms with Crippen molar-refractivity contribution in [2.45, 2.75) is 51.0 Å². The Morgan fingerprint density at radius 1 is 1.02 bits per heavy atom. The van der Waals surface area contributed by atoms with E-state index in [1.807, 2.05) is 35.3 Å². The molecular formula is C38H38ClN3O6S. The maximum absolute atomic E-state index is 13.5. The van der Waals surface area contributed by atoms with Crippen LogP contribution in [-0.2, 0) is 21.4 Å². The maximum Gasteiger partial charge on any atom is 0.291 e. The molecule has 2 amide bonds. The number of allylic oxidation sites excluding steroid dienone is 2. The minimum Gasteiger partial charge on any atom is -0.451 e. The number of hydrogen-bond acceptors (Lipinski definition) is 6. The number of carbonyl (C=O) groups is 2. The Morgan fingerprint density at radius 3 is 2.45 bits per heavy atom. The number of anilines is 1. The third-order valence-corrected chi connectivity index (χ3v) is 10.7. The third-order valence-electron chi connectivity index (χ3n) is 9.26. The van der Waals surface area contributed by atoms with Gasteiger partial charge in [-0.3, -0.25) is 18.7 Å². The molecule has 0 spiro atoms. The largest absolute Gasteiger partial charge is 0.451 e. The molecule has 3 aromatic carbocycles. The first-order chi connectivity index (χ1) is 23.4. The molecule has 2 heterocycles. The second-order valence-corrected chi connectivity index (χ2v) is 15.1. The summed E-state index contributed by atoms with van der Waals surface area (Å²) in [7, 11) is -2.14. The number of halogens is 1. The molecule has 1 N–H and O–H groups in total. The van der Waals surface area contributed by atoms with Crippen molar-refractivity contribution in [3.05, 3.63) is 128 Å². The third kappa shape index (κ3) is 8.14. The molecule has 1 aliphatic heterocycles. The number of rotatable bonds is 9. The highest BCUT2D eigenvalue weighted by Crippen LogP contribution is 2.38. The summed E-state index contributed by atoms with van der Waals surface area (Å²) >= 11 is 6.11. The van der Waals surface area contributed by atoms with Gasteiger partial charge in [-0.25, -0.2) is 8.42 Å². The van der Waals surface area contributed by atoms with Crippen LogP contribution in [0.4, 0.5) is 5.69 Å². The average molecular weight is 700 g/mol. The number of nitrogens with zero attached hydrogens (tertiary/aromatic N) is 2. The van der Waals surface area contributed by atoms with E-state index in [0.29, 0.717) is 35.3 Å². The Balaban J connectivity index is 1.22. The van der Waals surface area contributed by atoms with E-state index in [2.05, 4.69) is 23.5 Å². The minimum atomic E-state index is -3.53. The zero-order valence-electron chi connectivity index (χ0n) is 27.4. The number of sulfonamides is 1. The van der Waals surface area contributed by atoms with E-state index < -0.39 is 21.4 Å². The minimum absolute atomic E-state index is 0.161. The van der Waals surface area contributed by atoms with Gasteiger partial charge in [0, 0.05) is 43.3 Å². The van der Waals surface area contributed by atoms with Gasteiger partial charge in [0.05, 0.1) is 17.3 Å². The summed E-state index contributed by atoms with van der Waals surface area (Å²) in [6.07, 6.45) is 10.0. The Bertz CT molecular complexity index is 2130. The molecule has 1 aromatic heterocycles. The molecule has 0 atom stereocenters. The molecular weight excluding hydrogens is 662 g/mol. The van der Waals surface area contributed by atoms with E-state index in [-0.39, 0.29) is 22.6 Å². The van der Waals surface area contributed by atoms with Crippen LogP contribution < -0.4 is 15.1 Å². The van der Waals surface area contributed by atoms with Crippen molar-refractivity contribution in [1.82, 2.24) is 10.2 Å². The number of benzene rings is 3. The molecule has 2 aliphatic rings. The van der Waals surface area contributed by atoms with E-state index in [9.17, 15) is 22.8 Å². The van der Waals surface area contributed by atoms with Gasteiger partial charge in [0.25, 0.3) is 5.91 Å². The average Bonchev–Trinajstić information content (AvgIpc) is 3.49. The van der Waals surface area contributed by atoms with E-state index in [4.69, 9.17) is 16.0 Å². The molecule has 9 nitrogen and oxygen atoms in total. The highest BCUT2D eigenvalue weighted by atomic mass is 35.5. The van der Waals surface area contributed by atoms with Crippen molar-refractivity contribution in [3.63, 3.8) is 0 Å². The predicted molar refractivity (Wildman–Crippen MR) is 193 cm³/mol. The number of nitrogens with one attached hydrogen (secondary N) is 1. The Morgan fingerprint density at radius 2 is 1.76 bits per heavy atom. The molecule has 6 rings (SSSR count). The predicted octanol–water partition coefficient (Wildman–Crippen LogP) is 7.02. The Hall–Kier alpha value is -4.67. The van der Waals surface area contributed by atoms with Gasteiger partial charge in [-0.1, -0.05) is 53.6 Å². The zero-order valence-corrected chi connectivity index (χ0v) is 29.0. The first-order valence-corrected chi connectivity index (χ1v) is 18.5. The summed E-state index contributed by atoms with van der Waals surface area (Å²) in [5, 5.41) is 3.69. The molecule has 254 valence electrons. The standard InChI is InChI=1S/C38H38ClN3O6S/c1-41(49(2,46)47)31-17-18-35-33(22-31)34(43)23-36(48-35)38(45)40-30(21-26-11-15-29(39)16-12-26)20-25-9-13-27(14-10-25)32-7-4-3-6-28(32)24-42-19-5-8-37(42)44/h3-4,6-7,11-12,15-18,20-23,27H,5,8-10,13-14,19,24H2,1-2H3,(H,40,45)/b25-20?,30-21-. The summed E-state index contributed by atoms with van der Waals surface area (Å²) in [6, 6.07) is 21.2. The monoisotopic (exact) mass is 699 g/mol. The van der Waals surface area contributed by atoms with Gasteiger partial charge in [0.2, 0.25) is 15.9 Å². The number of fused-ring (bicyclic) bond motifs is 1. The Kier molecular flexibility index (Phi) is 10.1. The normalized spacial score (nSPS) is 17.0. The number of carbonyl (C=O) groups excluding carboxylic acids is 2. The maximum atomic E-state index is 13.5. The molecule has 0 unspecified atom stereocenters. The van der Waals surface area contributed by atoms with Crippen LogP contribution in [0.1, 0.15) is 71.7 Å². The van der Waals surface area contributed by atoms with E-state index in [0.717, 1.165) is 60.8 Å². The molecule has 0 radical (unpaired) electrons. The number of hydrogen-bond donors (Lipinski definition) is 1. The van der Waals surface area contributed by atoms with Gasteiger partial charge in [0.15, 0.2) is 11.2 Å². The molecule has 2 fully saturated rings. The summed E-state index contributed by atoms with van der Waals surface area (Å²) in [4.78, 5) is 40.9. The second kappa shape index (κ2) is 14.4. The number of likely N-dealkylation sites (tertiary alicyclic amines) is 1. The summed E-state index contributed by atoms with van der Waals surface area (Å²) in [5.41, 5.74) is 5.07. The molecule has 1 aliphatic carbocycles. The van der Waals surface area contributed by atoms with Crippen LogP contribution in [0.25, 0.3) is 17.0 Å². The lowest BCUT2D eigenvalue weighted by Gasteiger charge is -2.28. The van der Waals surface area contributed by atoms with Gasteiger partial charge >= 0.3 is 0 Å². The molecule has 11 heteroatoms. The molecule has 4 aromatic rings.